The molecule has 434 valence electrons. The zero-order chi connectivity index (χ0) is 59.3. The minimum absolute atomic E-state index is 0.0275. The van der Waals surface area contributed by atoms with Crippen molar-refractivity contribution >= 4 is 70.9 Å². The van der Waals surface area contributed by atoms with Crippen LogP contribution in [0.4, 0.5) is 0 Å². The van der Waals surface area contributed by atoms with E-state index < -0.39 is 163 Å². The lowest BCUT2D eigenvalue weighted by molar-refractivity contribution is -0.146. The molecule has 11 atom stereocenters. The number of benzene rings is 2. The summed E-state index contributed by atoms with van der Waals surface area (Å²) in [4.78, 5) is 159. The van der Waals surface area contributed by atoms with Gasteiger partial charge in [-0.15, -0.1) is 0 Å². The maximum absolute atomic E-state index is 14.5. The van der Waals surface area contributed by atoms with Crippen molar-refractivity contribution in [2.75, 3.05) is 13.2 Å². The molecule has 29 heteroatoms. The van der Waals surface area contributed by atoms with Gasteiger partial charge in [0.2, 0.25) is 65.0 Å². The fourth-order valence-electron chi connectivity index (χ4n) is 8.19. The number of primary amides is 3. The number of phenols is 2. The normalized spacial score (nSPS) is 16.8. The number of carbonyl (C=O) groups is 12. The Kier molecular flexibility index (Phi) is 25.5. The van der Waals surface area contributed by atoms with Crippen molar-refractivity contribution < 1.29 is 83.1 Å². The molecule has 0 spiro atoms. The molecule has 3 rings (SSSR count). The highest BCUT2D eigenvalue weighted by atomic mass is 16.4. The highest BCUT2D eigenvalue weighted by Crippen LogP contribution is 2.22. The Morgan fingerprint density at radius 2 is 1.06 bits per heavy atom. The number of aliphatic hydroxyl groups excluding tert-OH is 2. The number of carboxylic acid groups (broad SMARTS) is 1. The highest BCUT2D eigenvalue weighted by molar-refractivity contribution is 5.99. The van der Waals surface area contributed by atoms with Gasteiger partial charge < -0.3 is 90.6 Å². The van der Waals surface area contributed by atoms with E-state index in [1.807, 2.05) is 0 Å². The van der Waals surface area contributed by atoms with Crippen LogP contribution in [0.1, 0.15) is 83.3 Å². The first-order chi connectivity index (χ1) is 37.1. The Bertz CT molecular complexity index is 2510. The second kappa shape index (κ2) is 31.1. The lowest BCUT2D eigenvalue weighted by Crippen LogP contribution is -2.62. The van der Waals surface area contributed by atoms with Gasteiger partial charge in [0.15, 0.2) is 6.04 Å². The first-order valence-electron chi connectivity index (χ1n) is 25.3. The van der Waals surface area contributed by atoms with Crippen LogP contribution in [-0.4, -0.2) is 175 Å². The van der Waals surface area contributed by atoms with Crippen molar-refractivity contribution in [3.63, 3.8) is 0 Å². The zero-order valence-corrected chi connectivity index (χ0v) is 43.8. The maximum atomic E-state index is 14.5. The first-order valence-corrected chi connectivity index (χ1v) is 25.3. The van der Waals surface area contributed by atoms with Crippen molar-refractivity contribution in [2.45, 2.75) is 145 Å². The fraction of sp³-hybridized carbons (Fsp3) is 0.520. The predicted octanol–water partition coefficient (Wildman–Crippen LogP) is -5.49. The Morgan fingerprint density at radius 3 is 1.57 bits per heavy atom. The Morgan fingerprint density at radius 1 is 0.595 bits per heavy atom. The summed E-state index contributed by atoms with van der Waals surface area (Å²) in [6.07, 6.45) is -3.76. The molecule has 1 fully saturated rings. The molecule has 20 N–H and O–H groups in total. The number of hydrogen-bond acceptors (Lipinski definition) is 17. The third-order valence-corrected chi connectivity index (χ3v) is 12.9. The number of nitrogens with two attached hydrogens (primary N) is 4. The molecule has 11 amide bonds. The summed E-state index contributed by atoms with van der Waals surface area (Å²) in [5.41, 5.74) is 22.5. The van der Waals surface area contributed by atoms with Gasteiger partial charge in [0.1, 0.15) is 53.8 Å². The number of likely N-dealkylation sites (tertiary alicyclic amines) is 1. The second-order valence-electron chi connectivity index (χ2n) is 19.1. The molecule has 1 heterocycles. The third kappa shape index (κ3) is 20.8. The van der Waals surface area contributed by atoms with E-state index in [9.17, 15) is 83.1 Å². The average molecular weight is 1110 g/mol. The Labute approximate surface area is 453 Å². The molecule has 1 aliphatic heterocycles. The van der Waals surface area contributed by atoms with Crippen LogP contribution in [0, 0.1) is 5.92 Å². The number of aliphatic carboxylic acids is 1. The summed E-state index contributed by atoms with van der Waals surface area (Å²) in [6.45, 7) is 3.32. The Balaban J connectivity index is 1.92. The van der Waals surface area contributed by atoms with E-state index in [1.165, 1.54) is 48.5 Å². The number of amides is 11. The topological polar surface area (TPSA) is 498 Å². The van der Waals surface area contributed by atoms with Crippen LogP contribution in [0.2, 0.25) is 0 Å². The summed E-state index contributed by atoms with van der Waals surface area (Å²) in [7, 11) is 0. The molecule has 0 aromatic heterocycles. The minimum atomic E-state index is -1.93. The number of nitrogens with zero attached hydrogens (tertiary/aromatic N) is 1. The van der Waals surface area contributed by atoms with Gasteiger partial charge in [-0.3, -0.25) is 52.7 Å². The van der Waals surface area contributed by atoms with Crippen LogP contribution in [-0.2, 0) is 70.4 Å². The van der Waals surface area contributed by atoms with E-state index in [-0.39, 0.29) is 56.6 Å². The van der Waals surface area contributed by atoms with E-state index in [1.54, 1.807) is 13.8 Å². The largest absolute Gasteiger partial charge is 0.508 e. The van der Waals surface area contributed by atoms with Gasteiger partial charge in [-0.05, 0) is 73.9 Å². The number of aromatic hydroxyl groups is 2. The number of rotatable bonds is 32. The molecule has 1 aliphatic rings. The number of hydrogen-bond donors (Lipinski definition) is 16. The number of phenolic OH excluding ortho intramolecular Hbond substituents is 2. The van der Waals surface area contributed by atoms with E-state index in [2.05, 4.69) is 37.2 Å². The van der Waals surface area contributed by atoms with Gasteiger partial charge in [0.05, 0.1) is 25.2 Å². The van der Waals surface area contributed by atoms with E-state index >= 15 is 0 Å². The first kappa shape index (κ1) is 64.8. The molecule has 0 unspecified atom stereocenters. The molecule has 0 bridgehead atoms. The Hall–Kier alpha value is -8.44. The monoisotopic (exact) mass is 1110 g/mol. The number of aliphatic hydroxyl groups is 2. The van der Waals surface area contributed by atoms with E-state index in [0.29, 0.717) is 17.5 Å². The van der Waals surface area contributed by atoms with Crippen molar-refractivity contribution in [2.24, 2.45) is 28.9 Å². The van der Waals surface area contributed by atoms with Crippen molar-refractivity contribution in [3.05, 3.63) is 59.7 Å². The zero-order valence-electron chi connectivity index (χ0n) is 43.8. The third-order valence-electron chi connectivity index (χ3n) is 12.9. The van der Waals surface area contributed by atoms with Crippen LogP contribution in [0.5, 0.6) is 11.5 Å². The van der Waals surface area contributed by atoms with E-state index in [4.69, 9.17) is 22.9 Å². The van der Waals surface area contributed by atoms with Gasteiger partial charge >= 0.3 is 5.97 Å². The highest BCUT2D eigenvalue weighted by Gasteiger charge is 2.41. The molecular weight excluding hydrogens is 1040 g/mol. The number of carbonyl (C=O) groups excluding carboxylic acids is 11. The quantitative estimate of drug-likeness (QED) is 0.0325. The van der Waals surface area contributed by atoms with Gasteiger partial charge in [0.25, 0.3) is 0 Å². The van der Waals surface area contributed by atoms with Gasteiger partial charge in [-0.2, -0.15) is 0 Å². The molecule has 29 nitrogen and oxygen atoms in total. The van der Waals surface area contributed by atoms with Crippen LogP contribution >= 0.6 is 0 Å². The summed E-state index contributed by atoms with van der Waals surface area (Å²) in [5, 5.41) is 66.4. The number of nitrogens with one attached hydrogen (secondary N) is 7. The molecule has 0 saturated carbocycles. The van der Waals surface area contributed by atoms with Crippen molar-refractivity contribution in [1.82, 2.24) is 42.1 Å². The lowest BCUT2D eigenvalue weighted by Gasteiger charge is -2.32. The summed E-state index contributed by atoms with van der Waals surface area (Å²) in [5.74, 6) is -13.4. The molecule has 2 aromatic carbocycles. The van der Waals surface area contributed by atoms with E-state index in [0.717, 1.165) is 11.8 Å². The van der Waals surface area contributed by atoms with Crippen LogP contribution in [0.3, 0.4) is 0 Å². The molecule has 0 aliphatic carbocycles. The molecule has 79 heavy (non-hydrogen) atoms. The van der Waals surface area contributed by atoms with Crippen LogP contribution in [0.25, 0.3) is 0 Å². The summed E-state index contributed by atoms with van der Waals surface area (Å²) in [6, 6.07) is -3.49. The minimum Gasteiger partial charge on any atom is -0.508 e. The second-order valence-corrected chi connectivity index (χ2v) is 19.1. The predicted molar refractivity (Wildman–Crippen MR) is 276 cm³/mol. The molecule has 0 radical (unpaired) electrons. The van der Waals surface area contributed by atoms with Gasteiger partial charge in [-0.25, -0.2) is 4.79 Å². The van der Waals surface area contributed by atoms with Crippen LogP contribution < -0.4 is 60.2 Å². The van der Waals surface area contributed by atoms with Crippen molar-refractivity contribution in [1.29, 1.82) is 0 Å². The maximum Gasteiger partial charge on any atom is 0.328 e. The van der Waals surface area contributed by atoms with Gasteiger partial charge in [0, 0.05) is 32.2 Å². The van der Waals surface area contributed by atoms with Gasteiger partial charge in [-0.1, -0.05) is 44.5 Å². The summed E-state index contributed by atoms with van der Waals surface area (Å²) < 4.78 is 0. The lowest BCUT2D eigenvalue weighted by atomic mass is 9.97. The fourth-order valence-corrected chi connectivity index (χ4v) is 8.19. The summed E-state index contributed by atoms with van der Waals surface area (Å²) >= 11 is 0. The molecule has 2 aromatic rings. The molecule has 1 saturated heterocycles. The molecular formula is C50H72N12O17. The smallest absolute Gasteiger partial charge is 0.328 e. The van der Waals surface area contributed by atoms with Crippen LogP contribution in [0.15, 0.2) is 48.5 Å². The average Bonchev–Trinajstić information content (AvgIpc) is 3.92. The standard InChI is InChI=1S/C50H72N12O17/c1-4-24(2)40(48(76)61-41(25(3)64)50(78)79)60-47(75)36-6-5-19-62(36)49(77)34(21-27-9-13-29(66)14-10-27)58-46(74)35(23-63)59-45(73)33(22-39(54)69)57-44(72)32(20-26-7-11-28(65)12-8-26)56-43(71)31(16-18-38(53)68)55-42(70)30(51)15-17-37(52)67/h7-14,24-25,30-36,40-41,63-66H,4-6,15-23,51H2,1-3H3,(H2,52,67)(H2,53,68)(H2,54,69)(H,55,70)(H,56,71)(H,57,72)(H,58,74)(H,59,73)(H,60,75)(H,61,76)(H,78,79)/t24-,25+,30-,31-,32-,33-,34-,35-,36-,40-,41-/m0/s1. The SMILES string of the molecule is CC[C@H](C)[C@H](NC(=O)[C@@H]1CCCN1C(=O)[C@H](Cc1ccc(O)cc1)NC(=O)[C@H](CO)NC(=O)[C@H](CC(N)=O)NC(=O)[C@H](Cc1ccc(O)cc1)NC(=O)[C@H](CCC(N)=O)NC(=O)[C@@H](N)CCC(N)=O)C(=O)N[C@H](C(=O)O)[C@@H](C)O. The van der Waals surface area contributed by atoms with Crippen molar-refractivity contribution in [3.8, 4) is 11.5 Å². The number of carboxylic acids is 1.